The zero-order valence-electron chi connectivity index (χ0n) is 14.0. The monoisotopic (exact) mass is 347 g/mol. The smallest absolute Gasteiger partial charge is 0.324 e. The van der Waals surface area contributed by atoms with Crippen LogP contribution in [0.15, 0.2) is 24.3 Å². The van der Waals surface area contributed by atoms with Gasteiger partial charge >= 0.3 is 12.0 Å². The molecule has 25 heavy (non-hydrogen) atoms. The van der Waals surface area contributed by atoms with Gasteiger partial charge in [-0.1, -0.05) is 12.1 Å². The maximum absolute atomic E-state index is 13.0. The Hall–Kier alpha value is -2.97. The minimum absolute atomic E-state index is 0.0612. The number of carbonyl (C=O) groups is 1. The topological polar surface area (TPSA) is 80.7 Å². The highest BCUT2D eigenvalue weighted by Crippen LogP contribution is 2.19. The Kier molecular flexibility index (Phi) is 4.92. The molecule has 2 aromatic rings. The third kappa shape index (κ3) is 3.93. The van der Waals surface area contributed by atoms with Crippen LogP contribution in [0.25, 0.3) is 0 Å². The number of halogens is 1. The number of anilines is 1. The molecule has 0 bridgehead atoms. The van der Waals surface area contributed by atoms with Crippen LogP contribution >= 0.6 is 0 Å². The van der Waals surface area contributed by atoms with E-state index in [1.165, 1.54) is 26.4 Å². The number of ether oxygens (including phenoxy) is 2. The van der Waals surface area contributed by atoms with E-state index in [1.54, 1.807) is 21.9 Å². The molecule has 9 heteroatoms. The van der Waals surface area contributed by atoms with Gasteiger partial charge in [-0.05, 0) is 17.7 Å². The molecular formula is C16H18FN5O3. The van der Waals surface area contributed by atoms with Gasteiger partial charge in [0.15, 0.2) is 0 Å². The molecule has 1 aromatic carbocycles. The fourth-order valence-electron chi connectivity index (χ4n) is 2.51. The van der Waals surface area contributed by atoms with Crippen molar-refractivity contribution in [3.8, 4) is 12.0 Å². The largest absolute Gasteiger partial charge is 0.467 e. The molecule has 0 aliphatic carbocycles. The number of nitrogens with zero attached hydrogens (tertiary/aromatic N) is 5. The molecule has 1 aliphatic heterocycles. The predicted octanol–water partition coefficient (Wildman–Crippen LogP) is 0.877. The second kappa shape index (κ2) is 7.29. The summed E-state index contributed by atoms with van der Waals surface area (Å²) in [6, 6.07) is 6.39. The molecule has 0 unspecified atom stereocenters. The number of amides is 1. The molecular weight excluding hydrogens is 329 g/mol. The summed E-state index contributed by atoms with van der Waals surface area (Å²) < 4.78 is 23.0. The SMILES string of the molecule is COc1nc(OC)nc(N2CCN(Cc3ccc(F)cc3)C(=O)C2)n1. The second-order valence-corrected chi connectivity index (χ2v) is 5.47. The third-order valence-electron chi connectivity index (χ3n) is 3.84. The maximum atomic E-state index is 13.0. The van der Waals surface area contributed by atoms with Gasteiger partial charge in [0.05, 0.1) is 14.2 Å². The van der Waals surface area contributed by atoms with Crippen LogP contribution in [0.3, 0.4) is 0 Å². The van der Waals surface area contributed by atoms with Crippen LogP contribution in [0.4, 0.5) is 10.3 Å². The van der Waals surface area contributed by atoms with Crippen LogP contribution in [-0.2, 0) is 11.3 Å². The van der Waals surface area contributed by atoms with Crippen molar-refractivity contribution in [2.45, 2.75) is 6.54 Å². The van der Waals surface area contributed by atoms with E-state index < -0.39 is 0 Å². The number of rotatable bonds is 5. The zero-order chi connectivity index (χ0) is 17.8. The van der Waals surface area contributed by atoms with Crippen molar-refractivity contribution >= 4 is 11.9 Å². The van der Waals surface area contributed by atoms with E-state index in [1.807, 2.05) is 0 Å². The molecule has 1 fully saturated rings. The number of aromatic nitrogens is 3. The quantitative estimate of drug-likeness (QED) is 0.794. The number of methoxy groups -OCH3 is 2. The minimum Gasteiger partial charge on any atom is -0.467 e. The average molecular weight is 347 g/mol. The summed E-state index contributed by atoms with van der Waals surface area (Å²) in [5.41, 5.74) is 0.881. The Morgan fingerprint density at radius 2 is 1.68 bits per heavy atom. The number of benzene rings is 1. The van der Waals surface area contributed by atoms with E-state index in [4.69, 9.17) is 9.47 Å². The van der Waals surface area contributed by atoms with E-state index in [0.717, 1.165) is 5.56 Å². The average Bonchev–Trinajstić information content (AvgIpc) is 2.64. The first kappa shape index (κ1) is 16.9. The van der Waals surface area contributed by atoms with Gasteiger partial charge in [0, 0.05) is 19.6 Å². The van der Waals surface area contributed by atoms with Gasteiger partial charge in [0.1, 0.15) is 12.4 Å². The molecule has 132 valence electrons. The van der Waals surface area contributed by atoms with Crippen LogP contribution in [0.5, 0.6) is 12.0 Å². The summed E-state index contributed by atoms with van der Waals surface area (Å²) in [6.07, 6.45) is 0. The molecule has 0 N–H and O–H groups in total. The normalized spacial score (nSPS) is 14.6. The predicted molar refractivity (Wildman–Crippen MR) is 87.0 cm³/mol. The fourth-order valence-corrected chi connectivity index (χ4v) is 2.51. The number of carbonyl (C=O) groups excluding carboxylic acids is 1. The Balaban J connectivity index is 1.69. The molecule has 0 saturated carbocycles. The van der Waals surface area contributed by atoms with Gasteiger partial charge in [-0.3, -0.25) is 4.79 Å². The first-order valence-electron chi connectivity index (χ1n) is 7.70. The maximum Gasteiger partial charge on any atom is 0.324 e. The fraction of sp³-hybridized carbons (Fsp3) is 0.375. The first-order valence-corrected chi connectivity index (χ1v) is 7.70. The van der Waals surface area contributed by atoms with E-state index in [-0.39, 0.29) is 30.3 Å². The molecule has 8 nitrogen and oxygen atoms in total. The molecule has 0 atom stereocenters. The molecule has 1 saturated heterocycles. The van der Waals surface area contributed by atoms with E-state index in [0.29, 0.717) is 25.6 Å². The van der Waals surface area contributed by atoms with Crippen molar-refractivity contribution in [1.82, 2.24) is 19.9 Å². The molecule has 1 aliphatic rings. The highest BCUT2D eigenvalue weighted by atomic mass is 19.1. The third-order valence-corrected chi connectivity index (χ3v) is 3.84. The Labute approximate surface area is 144 Å². The van der Waals surface area contributed by atoms with Crippen LogP contribution in [0, 0.1) is 5.82 Å². The standard InChI is InChI=1S/C16H18FN5O3/c1-24-15-18-14(19-16(20-15)25-2)22-8-7-21(13(23)10-22)9-11-3-5-12(17)6-4-11/h3-6H,7-10H2,1-2H3. The Bertz CT molecular complexity index is 734. The summed E-state index contributed by atoms with van der Waals surface area (Å²) in [4.78, 5) is 28.2. The lowest BCUT2D eigenvalue weighted by Gasteiger charge is -2.34. The summed E-state index contributed by atoms with van der Waals surface area (Å²) in [6.45, 7) is 1.64. The molecule has 1 aromatic heterocycles. The van der Waals surface area contributed by atoms with Gasteiger partial charge in [-0.25, -0.2) is 4.39 Å². The van der Waals surface area contributed by atoms with E-state index >= 15 is 0 Å². The van der Waals surface area contributed by atoms with Crippen molar-refractivity contribution in [3.05, 3.63) is 35.6 Å². The van der Waals surface area contributed by atoms with Gasteiger partial charge in [0.25, 0.3) is 0 Å². The van der Waals surface area contributed by atoms with Gasteiger partial charge in [-0.15, -0.1) is 4.98 Å². The number of piperazine rings is 1. The van der Waals surface area contributed by atoms with Crippen LogP contribution < -0.4 is 14.4 Å². The van der Waals surface area contributed by atoms with Gasteiger partial charge in [0.2, 0.25) is 11.9 Å². The van der Waals surface area contributed by atoms with Crippen LogP contribution in [0.2, 0.25) is 0 Å². The van der Waals surface area contributed by atoms with Crippen molar-refractivity contribution in [2.24, 2.45) is 0 Å². The lowest BCUT2D eigenvalue weighted by atomic mass is 10.2. The number of hydrogen-bond donors (Lipinski definition) is 0. The summed E-state index contributed by atoms with van der Waals surface area (Å²) in [5, 5.41) is 0. The van der Waals surface area contributed by atoms with E-state index in [2.05, 4.69) is 15.0 Å². The van der Waals surface area contributed by atoms with Crippen molar-refractivity contribution < 1.29 is 18.7 Å². The molecule has 0 radical (unpaired) electrons. The minimum atomic E-state index is -0.294. The van der Waals surface area contributed by atoms with Crippen molar-refractivity contribution in [2.75, 3.05) is 38.8 Å². The Morgan fingerprint density at radius 1 is 1.04 bits per heavy atom. The van der Waals surface area contributed by atoms with E-state index in [9.17, 15) is 9.18 Å². The molecule has 0 spiro atoms. The summed E-state index contributed by atoms with van der Waals surface area (Å²) in [7, 11) is 2.90. The van der Waals surface area contributed by atoms with Gasteiger partial charge < -0.3 is 19.3 Å². The highest BCUT2D eigenvalue weighted by molar-refractivity contribution is 5.82. The van der Waals surface area contributed by atoms with Crippen molar-refractivity contribution in [1.29, 1.82) is 0 Å². The first-order chi connectivity index (χ1) is 12.1. The lowest BCUT2D eigenvalue weighted by Crippen LogP contribution is -2.50. The molecule has 3 rings (SSSR count). The summed E-state index contributed by atoms with van der Waals surface area (Å²) in [5.74, 6) is -0.0231. The number of hydrogen-bond acceptors (Lipinski definition) is 7. The Morgan fingerprint density at radius 3 is 2.24 bits per heavy atom. The highest BCUT2D eigenvalue weighted by Gasteiger charge is 2.26. The lowest BCUT2D eigenvalue weighted by molar-refractivity contribution is -0.131. The van der Waals surface area contributed by atoms with Crippen LogP contribution in [0.1, 0.15) is 5.56 Å². The molecule has 2 heterocycles. The van der Waals surface area contributed by atoms with Crippen molar-refractivity contribution in [3.63, 3.8) is 0 Å². The zero-order valence-corrected chi connectivity index (χ0v) is 14.0. The van der Waals surface area contributed by atoms with Crippen LogP contribution in [-0.4, -0.2) is 59.6 Å². The molecule has 1 amide bonds. The van der Waals surface area contributed by atoms with Gasteiger partial charge in [-0.2, -0.15) is 9.97 Å². The summed E-state index contributed by atoms with van der Waals surface area (Å²) >= 11 is 0. The second-order valence-electron chi connectivity index (χ2n) is 5.47.